The van der Waals surface area contributed by atoms with Crippen LogP contribution >= 0.6 is 0 Å². The molecule has 0 spiro atoms. The summed E-state index contributed by atoms with van der Waals surface area (Å²) in [5.41, 5.74) is 7.96. The Morgan fingerprint density at radius 2 is 1.89 bits per heavy atom. The van der Waals surface area contributed by atoms with Crippen LogP contribution in [-0.2, 0) is 6.54 Å². The van der Waals surface area contributed by atoms with Crippen molar-refractivity contribution in [1.29, 1.82) is 0 Å². The number of benzene rings is 1. The molecule has 0 radical (unpaired) electrons. The fourth-order valence-corrected chi connectivity index (χ4v) is 2.34. The van der Waals surface area contributed by atoms with Gasteiger partial charge in [0.25, 0.3) is 0 Å². The molecule has 1 rings (SSSR count). The Labute approximate surface area is 117 Å². The second-order valence-electron chi connectivity index (χ2n) is 5.16. The van der Waals surface area contributed by atoms with Gasteiger partial charge in [-0.1, -0.05) is 31.9 Å². The lowest BCUT2D eigenvalue weighted by Crippen LogP contribution is -2.25. The van der Waals surface area contributed by atoms with Crippen molar-refractivity contribution in [3.8, 4) is 0 Å². The van der Waals surface area contributed by atoms with Gasteiger partial charge in [0.2, 0.25) is 0 Å². The molecule has 3 heteroatoms. The van der Waals surface area contributed by atoms with Crippen molar-refractivity contribution >= 4 is 5.69 Å². The summed E-state index contributed by atoms with van der Waals surface area (Å²) in [7, 11) is 0. The lowest BCUT2D eigenvalue weighted by molar-refractivity contribution is 0.253. The van der Waals surface area contributed by atoms with Gasteiger partial charge in [0.05, 0.1) is 0 Å². The number of aliphatic hydroxyl groups is 1. The third-order valence-electron chi connectivity index (χ3n) is 3.28. The molecule has 0 saturated carbocycles. The summed E-state index contributed by atoms with van der Waals surface area (Å²) in [6, 6.07) is 8.16. The minimum Gasteiger partial charge on any atom is -0.399 e. The van der Waals surface area contributed by atoms with Crippen LogP contribution in [0, 0.1) is 0 Å². The van der Waals surface area contributed by atoms with E-state index in [9.17, 15) is 0 Å². The van der Waals surface area contributed by atoms with E-state index >= 15 is 0 Å². The largest absolute Gasteiger partial charge is 0.399 e. The molecule has 3 nitrogen and oxygen atoms in total. The first kappa shape index (κ1) is 16.0. The summed E-state index contributed by atoms with van der Waals surface area (Å²) >= 11 is 0. The van der Waals surface area contributed by atoms with Crippen molar-refractivity contribution in [2.45, 2.75) is 45.6 Å². The number of unbranched alkanes of at least 4 members (excludes halogenated alkanes) is 3. The minimum atomic E-state index is 0.321. The number of hydrogen-bond acceptors (Lipinski definition) is 3. The molecule has 0 aliphatic heterocycles. The van der Waals surface area contributed by atoms with Gasteiger partial charge in [0, 0.05) is 18.8 Å². The Kier molecular flexibility index (Phi) is 8.26. The Morgan fingerprint density at radius 3 is 2.58 bits per heavy atom. The summed E-state index contributed by atoms with van der Waals surface area (Å²) in [5.74, 6) is 0. The maximum atomic E-state index is 8.76. The van der Waals surface area contributed by atoms with Crippen molar-refractivity contribution in [3.05, 3.63) is 29.8 Å². The number of nitrogens with zero attached hydrogens (tertiary/aromatic N) is 1. The van der Waals surface area contributed by atoms with Crippen LogP contribution in [0.2, 0.25) is 0 Å². The summed E-state index contributed by atoms with van der Waals surface area (Å²) in [6.45, 7) is 5.79. The van der Waals surface area contributed by atoms with Crippen molar-refractivity contribution in [3.63, 3.8) is 0 Å². The lowest BCUT2D eigenvalue weighted by Gasteiger charge is -2.22. The van der Waals surface area contributed by atoms with Gasteiger partial charge >= 0.3 is 0 Å². The second-order valence-corrected chi connectivity index (χ2v) is 5.16. The normalized spacial score (nSPS) is 11.1. The van der Waals surface area contributed by atoms with Crippen LogP contribution in [-0.4, -0.2) is 29.7 Å². The van der Waals surface area contributed by atoms with E-state index in [1.165, 1.54) is 24.8 Å². The zero-order chi connectivity index (χ0) is 13.9. The van der Waals surface area contributed by atoms with Crippen LogP contribution in [0.25, 0.3) is 0 Å². The Morgan fingerprint density at radius 1 is 1.11 bits per heavy atom. The summed E-state index contributed by atoms with van der Waals surface area (Å²) in [4.78, 5) is 2.49. The molecule has 0 fully saturated rings. The topological polar surface area (TPSA) is 49.5 Å². The number of aliphatic hydroxyl groups excluding tert-OH is 1. The Bertz CT molecular complexity index is 341. The van der Waals surface area contributed by atoms with Gasteiger partial charge in [-0.15, -0.1) is 0 Å². The predicted octanol–water partition coefficient (Wildman–Crippen LogP) is 3.03. The number of anilines is 1. The molecule has 1 aromatic rings. The van der Waals surface area contributed by atoms with Gasteiger partial charge in [0.15, 0.2) is 0 Å². The highest BCUT2D eigenvalue weighted by Gasteiger charge is 2.05. The molecule has 3 N–H and O–H groups in total. The van der Waals surface area contributed by atoms with E-state index in [-0.39, 0.29) is 0 Å². The van der Waals surface area contributed by atoms with Crippen molar-refractivity contribution < 1.29 is 5.11 Å². The molecule has 0 heterocycles. The summed E-state index contributed by atoms with van der Waals surface area (Å²) in [5, 5.41) is 8.76. The lowest BCUT2D eigenvalue weighted by atomic mass is 10.1. The molecular weight excluding hydrogens is 236 g/mol. The first-order valence-corrected chi connectivity index (χ1v) is 7.44. The third-order valence-corrected chi connectivity index (χ3v) is 3.28. The quantitative estimate of drug-likeness (QED) is 0.504. The molecule has 0 atom stereocenters. The fourth-order valence-electron chi connectivity index (χ4n) is 2.34. The predicted molar refractivity (Wildman–Crippen MR) is 82.0 cm³/mol. The van der Waals surface area contributed by atoms with Gasteiger partial charge in [0.1, 0.15) is 0 Å². The van der Waals surface area contributed by atoms with E-state index in [1.807, 2.05) is 12.1 Å². The van der Waals surface area contributed by atoms with Crippen molar-refractivity contribution in [2.75, 3.05) is 25.4 Å². The fraction of sp³-hybridized carbons (Fsp3) is 0.625. The van der Waals surface area contributed by atoms with Crippen LogP contribution < -0.4 is 5.73 Å². The zero-order valence-electron chi connectivity index (χ0n) is 12.1. The molecule has 0 bridgehead atoms. The van der Waals surface area contributed by atoms with E-state index in [2.05, 4.69) is 24.0 Å². The molecule has 0 saturated heterocycles. The highest BCUT2D eigenvalue weighted by molar-refractivity contribution is 5.40. The molecule has 108 valence electrons. The Balaban J connectivity index is 2.35. The van der Waals surface area contributed by atoms with E-state index < -0.39 is 0 Å². The van der Waals surface area contributed by atoms with Crippen LogP contribution in [0.3, 0.4) is 0 Å². The minimum absolute atomic E-state index is 0.321. The highest BCUT2D eigenvalue weighted by Crippen LogP contribution is 2.11. The van der Waals surface area contributed by atoms with Crippen LogP contribution in [0.15, 0.2) is 24.3 Å². The number of nitrogen functional groups attached to an aromatic ring is 1. The van der Waals surface area contributed by atoms with Crippen LogP contribution in [0.1, 0.15) is 44.6 Å². The first-order chi connectivity index (χ1) is 9.26. The van der Waals surface area contributed by atoms with Crippen LogP contribution in [0.4, 0.5) is 5.69 Å². The van der Waals surface area contributed by atoms with Gasteiger partial charge in [-0.05, 0) is 50.0 Å². The number of nitrogens with two attached hydrogens (primary N) is 1. The molecule has 1 aromatic carbocycles. The Hall–Kier alpha value is -1.06. The summed E-state index contributed by atoms with van der Waals surface area (Å²) < 4.78 is 0. The average molecular weight is 264 g/mol. The number of hydrogen-bond donors (Lipinski definition) is 2. The number of rotatable bonds is 10. The van der Waals surface area contributed by atoms with E-state index in [0.29, 0.717) is 6.61 Å². The molecule has 0 aliphatic rings. The first-order valence-electron chi connectivity index (χ1n) is 7.44. The van der Waals surface area contributed by atoms with Crippen LogP contribution in [0.5, 0.6) is 0 Å². The third kappa shape index (κ3) is 7.19. The molecule has 19 heavy (non-hydrogen) atoms. The highest BCUT2D eigenvalue weighted by atomic mass is 16.2. The maximum absolute atomic E-state index is 8.76. The van der Waals surface area contributed by atoms with Gasteiger partial charge in [-0.2, -0.15) is 0 Å². The summed E-state index contributed by atoms with van der Waals surface area (Å²) in [6.07, 6.45) is 5.66. The molecule has 0 aliphatic carbocycles. The molecule has 0 aromatic heterocycles. The van der Waals surface area contributed by atoms with E-state index in [4.69, 9.17) is 10.8 Å². The SMILES string of the molecule is CCCN(CCCCCCO)Cc1cccc(N)c1. The van der Waals surface area contributed by atoms with Crippen molar-refractivity contribution in [1.82, 2.24) is 4.90 Å². The second kappa shape index (κ2) is 9.82. The monoisotopic (exact) mass is 264 g/mol. The van der Waals surface area contributed by atoms with Gasteiger partial charge < -0.3 is 10.8 Å². The average Bonchev–Trinajstić information content (AvgIpc) is 2.38. The maximum Gasteiger partial charge on any atom is 0.0431 e. The van der Waals surface area contributed by atoms with Gasteiger partial charge in [-0.25, -0.2) is 0 Å². The van der Waals surface area contributed by atoms with Gasteiger partial charge in [-0.3, -0.25) is 4.90 Å². The smallest absolute Gasteiger partial charge is 0.0431 e. The molecule has 0 amide bonds. The van der Waals surface area contributed by atoms with E-state index in [0.717, 1.165) is 38.2 Å². The van der Waals surface area contributed by atoms with Crippen molar-refractivity contribution in [2.24, 2.45) is 0 Å². The standard InChI is InChI=1S/C16H28N2O/c1-2-10-18(11-5-3-4-6-12-19)14-15-8-7-9-16(17)13-15/h7-9,13,19H,2-6,10-12,14,17H2,1H3. The molecular formula is C16H28N2O. The van der Waals surface area contributed by atoms with E-state index in [1.54, 1.807) is 0 Å². The zero-order valence-corrected chi connectivity index (χ0v) is 12.1. The molecule has 0 unspecified atom stereocenters.